The van der Waals surface area contributed by atoms with Gasteiger partial charge >= 0.3 is 0 Å². The van der Waals surface area contributed by atoms with Crippen LogP contribution in [0.15, 0.2) is 18.2 Å². The number of carbonyl (C=O) groups is 1. The molecule has 1 N–H and O–H groups in total. The Bertz CT molecular complexity index is 446. The van der Waals surface area contributed by atoms with Gasteiger partial charge in [-0.05, 0) is 42.9 Å². The molecule has 0 aliphatic heterocycles. The van der Waals surface area contributed by atoms with Crippen molar-refractivity contribution < 1.29 is 13.6 Å². The molecule has 0 radical (unpaired) electrons. The van der Waals surface area contributed by atoms with Crippen LogP contribution in [0.1, 0.15) is 39.7 Å². The van der Waals surface area contributed by atoms with Crippen LogP contribution in [0.2, 0.25) is 0 Å². The third-order valence-electron chi connectivity index (χ3n) is 3.36. The second kappa shape index (κ2) is 6.82. The molecule has 1 unspecified atom stereocenters. The van der Waals surface area contributed by atoms with Gasteiger partial charge in [-0.15, -0.1) is 0 Å². The highest BCUT2D eigenvalue weighted by Crippen LogP contribution is 2.30. The smallest absolute Gasteiger partial charge is 0.223 e. The maximum absolute atomic E-state index is 13.1. The molecule has 0 bridgehead atoms. The summed E-state index contributed by atoms with van der Waals surface area (Å²) >= 11 is 0. The number of halogens is 2. The van der Waals surface area contributed by atoms with E-state index in [9.17, 15) is 13.6 Å². The highest BCUT2D eigenvalue weighted by Gasteiger charge is 2.30. The predicted molar refractivity (Wildman–Crippen MR) is 76.3 cm³/mol. The van der Waals surface area contributed by atoms with Crippen molar-refractivity contribution in [2.75, 3.05) is 6.54 Å². The summed E-state index contributed by atoms with van der Waals surface area (Å²) in [7, 11) is 0. The highest BCUT2D eigenvalue weighted by molar-refractivity contribution is 5.79. The lowest BCUT2D eigenvalue weighted by Crippen LogP contribution is -2.38. The summed E-state index contributed by atoms with van der Waals surface area (Å²) in [4.78, 5) is 12.1. The van der Waals surface area contributed by atoms with Gasteiger partial charge in [-0.2, -0.15) is 0 Å². The molecular formula is C16H23F2NO. The van der Waals surface area contributed by atoms with Crippen LogP contribution in [0.25, 0.3) is 0 Å². The Morgan fingerprint density at radius 3 is 2.20 bits per heavy atom. The molecule has 0 saturated carbocycles. The molecule has 4 heteroatoms. The zero-order chi connectivity index (χ0) is 15.3. The van der Waals surface area contributed by atoms with E-state index in [-0.39, 0.29) is 17.2 Å². The van der Waals surface area contributed by atoms with Crippen LogP contribution in [-0.2, 0) is 11.2 Å². The zero-order valence-corrected chi connectivity index (χ0v) is 12.6. The number of hydrogen-bond donors (Lipinski definition) is 1. The van der Waals surface area contributed by atoms with Crippen LogP contribution >= 0.6 is 0 Å². The van der Waals surface area contributed by atoms with E-state index in [1.165, 1.54) is 12.1 Å². The molecule has 112 valence electrons. The third kappa shape index (κ3) is 4.91. The number of hydrogen-bond acceptors (Lipinski definition) is 1. The van der Waals surface area contributed by atoms with Gasteiger partial charge in [-0.1, -0.05) is 20.8 Å². The van der Waals surface area contributed by atoms with Gasteiger partial charge in [0, 0.05) is 18.5 Å². The first-order valence-corrected chi connectivity index (χ1v) is 6.96. The van der Waals surface area contributed by atoms with Crippen molar-refractivity contribution in [2.24, 2.45) is 11.3 Å². The fraction of sp³-hybridized carbons (Fsp3) is 0.562. The van der Waals surface area contributed by atoms with Crippen LogP contribution < -0.4 is 5.32 Å². The Kier molecular flexibility index (Phi) is 5.66. The summed E-state index contributed by atoms with van der Waals surface area (Å²) in [6.07, 6.45) is 1.05. The third-order valence-corrected chi connectivity index (χ3v) is 3.36. The van der Waals surface area contributed by atoms with E-state index in [0.29, 0.717) is 24.9 Å². The van der Waals surface area contributed by atoms with Gasteiger partial charge in [0.2, 0.25) is 5.91 Å². The van der Waals surface area contributed by atoms with Gasteiger partial charge in [-0.25, -0.2) is 8.78 Å². The summed E-state index contributed by atoms with van der Waals surface area (Å²) in [5.41, 5.74) is 0.395. The molecule has 0 aromatic heterocycles. The van der Waals surface area contributed by atoms with Crippen molar-refractivity contribution in [3.05, 3.63) is 35.4 Å². The molecule has 1 amide bonds. The van der Waals surface area contributed by atoms with E-state index >= 15 is 0 Å². The Morgan fingerprint density at radius 2 is 1.75 bits per heavy atom. The second-order valence-electron chi connectivity index (χ2n) is 6.13. The predicted octanol–water partition coefficient (Wildman–Crippen LogP) is 3.70. The Labute approximate surface area is 119 Å². The molecule has 0 saturated heterocycles. The van der Waals surface area contributed by atoms with Gasteiger partial charge in [-0.3, -0.25) is 4.79 Å². The number of nitrogens with one attached hydrogen (secondary N) is 1. The van der Waals surface area contributed by atoms with E-state index in [2.05, 4.69) is 5.32 Å². The Balaban J connectivity index is 2.78. The minimum Gasteiger partial charge on any atom is -0.356 e. The van der Waals surface area contributed by atoms with Crippen molar-refractivity contribution >= 4 is 5.91 Å². The van der Waals surface area contributed by atoms with Gasteiger partial charge in [0.25, 0.3) is 0 Å². The molecule has 0 aliphatic rings. The van der Waals surface area contributed by atoms with Gasteiger partial charge in [0.15, 0.2) is 0 Å². The fourth-order valence-corrected chi connectivity index (χ4v) is 2.32. The molecule has 0 heterocycles. The van der Waals surface area contributed by atoms with Crippen LogP contribution in [0.4, 0.5) is 8.78 Å². The monoisotopic (exact) mass is 283 g/mol. The van der Waals surface area contributed by atoms with E-state index in [1.807, 2.05) is 27.7 Å². The Morgan fingerprint density at radius 1 is 1.20 bits per heavy atom. The van der Waals surface area contributed by atoms with Crippen LogP contribution in [0, 0.1) is 23.0 Å². The standard InChI is InChI=1S/C16H23F2NO/c1-5-19-15(20)14(16(2,3)4)7-6-11-8-12(17)10-13(18)9-11/h8-10,14H,5-7H2,1-4H3,(H,19,20). The maximum atomic E-state index is 13.1. The maximum Gasteiger partial charge on any atom is 0.223 e. The minimum absolute atomic E-state index is 0.00289. The average Bonchev–Trinajstić information content (AvgIpc) is 2.26. The van der Waals surface area contributed by atoms with Crippen molar-refractivity contribution in [3.63, 3.8) is 0 Å². The number of carbonyl (C=O) groups excluding carboxylic acids is 1. The molecule has 1 aromatic rings. The molecule has 0 aliphatic carbocycles. The van der Waals surface area contributed by atoms with Crippen LogP contribution in [0.3, 0.4) is 0 Å². The lowest BCUT2D eigenvalue weighted by Gasteiger charge is -2.29. The van der Waals surface area contributed by atoms with Crippen LogP contribution in [-0.4, -0.2) is 12.5 Å². The first kappa shape index (κ1) is 16.6. The largest absolute Gasteiger partial charge is 0.356 e. The van der Waals surface area contributed by atoms with E-state index in [1.54, 1.807) is 0 Å². The first-order valence-electron chi connectivity index (χ1n) is 6.96. The van der Waals surface area contributed by atoms with Crippen LogP contribution in [0.5, 0.6) is 0 Å². The van der Waals surface area contributed by atoms with E-state index < -0.39 is 11.6 Å². The SMILES string of the molecule is CCNC(=O)C(CCc1cc(F)cc(F)c1)C(C)(C)C. The zero-order valence-electron chi connectivity index (χ0n) is 12.6. The fourth-order valence-electron chi connectivity index (χ4n) is 2.32. The van der Waals surface area contributed by atoms with Gasteiger partial charge in [0.05, 0.1) is 0 Å². The molecule has 1 aromatic carbocycles. The molecule has 2 nitrogen and oxygen atoms in total. The lowest BCUT2D eigenvalue weighted by molar-refractivity contribution is -0.128. The van der Waals surface area contributed by atoms with E-state index in [0.717, 1.165) is 6.07 Å². The lowest BCUT2D eigenvalue weighted by atomic mass is 9.77. The van der Waals surface area contributed by atoms with E-state index in [4.69, 9.17) is 0 Å². The summed E-state index contributed by atoms with van der Waals surface area (Å²) in [6.45, 7) is 8.46. The highest BCUT2D eigenvalue weighted by atomic mass is 19.1. The van der Waals surface area contributed by atoms with Crippen molar-refractivity contribution in [3.8, 4) is 0 Å². The average molecular weight is 283 g/mol. The summed E-state index contributed by atoms with van der Waals surface area (Å²) in [6, 6.07) is 3.50. The summed E-state index contributed by atoms with van der Waals surface area (Å²) in [5, 5.41) is 2.82. The minimum atomic E-state index is -0.578. The number of rotatable bonds is 5. The molecular weight excluding hydrogens is 260 g/mol. The number of amides is 1. The van der Waals surface area contributed by atoms with Crippen molar-refractivity contribution in [1.82, 2.24) is 5.32 Å². The molecule has 1 atom stereocenters. The van der Waals surface area contributed by atoms with Crippen molar-refractivity contribution in [2.45, 2.75) is 40.5 Å². The number of aryl methyl sites for hydroxylation is 1. The normalized spacial score (nSPS) is 13.1. The summed E-state index contributed by atoms with van der Waals surface area (Å²) < 4.78 is 26.3. The summed E-state index contributed by atoms with van der Waals surface area (Å²) in [5.74, 6) is -1.35. The molecule has 20 heavy (non-hydrogen) atoms. The first-order chi connectivity index (χ1) is 9.24. The topological polar surface area (TPSA) is 29.1 Å². The van der Waals surface area contributed by atoms with Gasteiger partial charge < -0.3 is 5.32 Å². The van der Waals surface area contributed by atoms with Crippen molar-refractivity contribution in [1.29, 1.82) is 0 Å². The molecule has 1 rings (SSSR count). The second-order valence-corrected chi connectivity index (χ2v) is 6.13. The van der Waals surface area contributed by atoms with Gasteiger partial charge in [0.1, 0.15) is 11.6 Å². The number of benzene rings is 1. The molecule has 0 fully saturated rings. The molecule has 0 spiro atoms. The quantitative estimate of drug-likeness (QED) is 0.877. The Hall–Kier alpha value is -1.45.